The zero-order valence-corrected chi connectivity index (χ0v) is 17.5. The molecule has 0 aliphatic rings. The molecule has 0 spiro atoms. The van der Waals surface area contributed by atoms with Gasteiger partial charge in [0.1, 0.15) is 5.76 Å². The molecule has 5 heteroatoms. The van der Waals surface area contributed by atoms with E-state index in [1.807, 2.05) is 48.5 Å². The molecule has 0 saturated carbocycles. The van der Waals surface area contributed by atoms with Gasteiger partial charge in [0.25, 0.3) is 5.91 Å². The molecular weight excluding hydrogens is 398 g/mol. The average molecular weight is 419 g/mol. The maximum atomic E-state index is 12.5. The lowest BCUT2D eigenvalue weighted by Crippen LogP contribution is -2.17. The van der Waals surface area contributed by atoms with E-state index in [0.29, 0.717) is 11.3 Å². The summed E-state index contributed by atoms with van der Waals surface area (Å²) < 4.78 is 7.45. The number of aromatic nitrogens is 1. The van der Waals surface area contributed by atoms with Gasteiger partial charge in [-0.15, -0.1) is 0 Å². The van der Waals surface area contributed by atoms with Gasteiger partial charge in [0, 0.05) is 16.6 Å². The lowest BCUT2D eigenvalue weighted by Gasteiger charge is -2.12. The van der Waals surface area contributed by atoms with Gasteiger partial charge in [0.2, 0.25) is 0 Å². The summed E-state index contributed by atoms with van der Waals surface area (Å²) in [5.41, 5.74) is 8.22. The topological polar surface area (TPSA) is 59.5 Å². The van der Waals surface area contributed by atoms with Crippen molar-refractivity contribution in [2.75, 3.05) is 0 Å². The number of hydrogen-bond donors (Lipinski definition) is 1. The molecule has 5 nitrogen and oxygen atoms in total. The largest absolute Gasteiger partial charge is 0.469 e. The van der Waals surface area contributed by atoms with Crippen molar-refractivity contribution in [1.29, 1.82) is 0 Å². The van der Waals surface area contributed by atoms with Gasteiger partial charge in [-0.25, -0.2) is 5.43 Å². The Morgan fingerprint density at radius 3 is 2.31 bits per heavy atom. The van der Waals surface area contributed by atoms with Gasteiger partial charge in [-0.1, -0.05) is 66.7 Å². The van der Waals surface area contributed by atoms with Crippen LogP contribution in [0.3, 0.4) is 0 Å². The maximum absolute atomic E-state index is 12.5. The Balaban J connectivity index is 1.67. The van der Waals surface area contributed by atoms with Crippen LogP contribution in [0.4, 0.5) is 0 Å². The van der Waals surface area contributed by atoms with E-state index in [-0.39, 0.29) is 5.91 Å². The third-order valence-electron chi connectivity index (χ3n) is 5.44. The normalized spacial score (nSPS) is 11.3. The number of furan rings is 1. The van der Waals surface area contributed by atoms with Gasteiger partial charge < -0.3 is 8.98 Å². The standard InChI is InChI=1S/C27H21N3O2/c1-19-22(16-17-32-19)27(31)29-28-18-24-23-14-8-9-15-25(23)30(21-12-6-3-7-13-21)26(24)20-10-4-2-5-11-20/h2-18H,1H3,(H,29,31). The lowest BCUT2D eigenvalue weighted by molar-refractivity contribution is 0.0953. The van der Waals surface area contributed by atoms with Gasteiger partial charge in [-0.3, -0.25) is 4.79 Å². The number of para-hydroxylation sites is 2. The van der Waals surface area contributed by atoms with Crippen LogP contribution in [0.5, 0.6) is 0 Å². The fourth-order valence-corrected chi connectivity index (χ4v) is 3.96. The molecule has 1 amide bonds. The molecule has 0 saturated heterocycles. The number of amides is 1. The Bertz CT molecular complexity index is 1410. The number of aryl methyl sites for hydroxylation is 1. The first-order valence-electron chi connectivity index (χ1n) is 10.4. The Hall–Kier alpha value is -4.38. The number of hydrazone groups is 1. The summed E-state index contributed by atoms with van der Waals surface area (Å²) in [4.78, 5) is 12.5. The van der Waals surface area contributed by atoms with E-state index >= 15 is 0 Å². The van der Waals surface area contributed by atoms with Crippen molar-refractivity contribution in [2.24, 2.45) is 5.10 Å². The fraction of sp³-hybridized carbons (Fsp3) is 0.0370. The van der Waals surface area contributed by atoms with Crippen molar-refractivity contribution < 1.29 is 9.21 Å². The first-order chi connectivity index (χ1) is 15.7. The summed E-state index contributed by atoms with van der Waals surface area (Å²) in [6, 6.07) is 30.3. The quantitative estimate of drug-likeness (QED) is 0.282. The molecule has 5 aromatic rings. The Morgan fingerprint density at radius 1 is 0.906 bits per heavy atom. The summed E-state index contributed by atoms with van der Waals surface area (Å²) in [7, 11) is 0. The van der Waals surface area contributed by atoms with Crippen LogP contribution < -0.4 is 5.43 Å². The second-order valence-corrected chi connectivity index (χ2v) is 7.41. The minimum atomic E-state index is -0.305. The number of carbonyl (C=O) groups is 1. The molecule has 0 aliphatic carbocycles. The number of hydrogen-bond acceptors (Lipinski definition) is 3. The van der Waals surface area contributed by atoms with E-state index < -0.39 is 0 Å². The van der Waals surface area contributed by atoms with Crippen molar-refractivity contribution in [3.05, 3.63) is 114 Å². The third-order valence-corrected chi connectivity index (χ3v) is 5.44. The number of nitrogens with zero attached hydrogens (tertiary/aromatic N) is 2. The third kappa shape index (κ3) is 3.50. The van der Waals surface area contributed by atoms with Crippen molar-refractivity contribution >= 4 is 23.0 Å². The molecule has 2 aromatic heterocycles. The highest BCUT2D eigenvalue weighted by atomic mass is 16.3. The van der Waals surface area contributed by atoms with E-state index in [1.54, 1.807) is 19.2 Å². The highest BCUT2D eigenvalue weighted by Crippen LogP contribution is 2.35. The van der Waals surface area contributed by atoms with Gasteiger partial charge in [-0.2, -0.15) is 5.10 Å². The van der Waals surface area contributed by atoms with E-state index in [9.17, 15) is 4.79 Å². The van der Waals surface area contributed by atoms with E-state index in [2.05, 4.69) is 51.5 Å². The number of fused-ring (bicyclic) bond motifs is 1. The first-order valence-corrected chi connectivity index (χ1v) is 10.4. The molecule has 0 radical (unpaired) electrons. The molecule has 156 valence electrons. The second-order valence-electron chi connectivity index (χ2n) is 7.41. The van der Waals surface area contributed by atoms with Crippen LogP contribution in [0, 0.1) is 6.92 Å². The van der Waals surface area contributed by atoms with Crippen molar-refractivity contribution in [3.63, 3.8) is 0 Å². The molecular formula is C27H21N3O2. The Labute approximate surface area is 185 Å². The number of nitrogens with one attached hydrogen (secondary N) is 1. The lowest BCUT2D eigenvalue weighted by atomic mass is 10.1. The monoisotopic (exact) mass is 419 g/mol. The summed E-state index contributed by atoms with van der Waals surface area (Å²) in [5, 5.41) is 5.35. The van der Waals surface area contributed by atoms with Gasteiger partial charge >= 0.3 is 0 Å². The zero-order chi connectivity index (χ0) is 21.9. The van der Waals surface area contributed by atoms with Crippen molar-refractivity contribution in [3.8, 4) is 16.9 Å². The van der Waals surface area contributed by atoms with Crippen LogP contribution in [0.1, 0.15) is 21.7 Å². The minimum absolute atomic E-state index is 0.305. The summed E-state index contributed by atoms with van der Waals surface area (Å²) >= 11 is 0. The molecule has 32 heavy (non-hydrogen) atoms. The maximum Gasteiger partial charge on any atom is 0.274 e. The molecule has 1 N–H and O–H groups in total. The van der Waals surface area contributed by atoms with Gasteiger partial charge in [0.15, 0.2) is 0 Å². The zero-order valence-electron chi connectivity index (χ0n) is 17.5. The molecule has 0 atom stereocenters. The van der Waals surface area contributed by atoms with Crippen LogP contribution in [0.2, 0.25) is 0 Å². The Kier molecular flexibility index (Phi) is 5.14. The van der Waals surface area contributed by atoms with Crippen LogP contribution in [-0.4, -0.2) is 16.7 Å². The second kappa shape index (κ2) is 8.40. The summed E-state index contributed by atoms with van der Waals surface area (Å²) in [6.07, 6.45) is 3.21. The SMILES string of the molecule is Cc1occc1C(=O)NN=Cc1c(-c2ccccc2)n(-c2ccccc2)c2ccccc12. The minimum Gasteiger partial charge on any atom is -0.469 e. The van der Waals surface area contributed by atoms with Gasteiger partial charge in [-0.05, 0) is 36.8 Å². The first kappa shape index (κ1) is 19.6. The summed E-state index contributed by atoms with van der Waals surface area (Å²) in [6.45, 7) is 1.75. The molecule has 3 aromatic carbocycles. The highest BCUT2D eigenvalue weighted by molar-refractivity contribution is 6.08. The Morgan fingerprint density at radius 2 is 1.59 bits per heavy atom. The van der Waals surface area contributed by atoms with Crippen LogP contribution in [0.25, 0.3) is 27.8 Å². The predicted octanol–water partition coefficient (Wildman–Crippen LogP) is 5.96. The van der Waals surface area contributed by atoms with E-state index in [4.69, 9.17) is 4.42 Å². The number of rotatable bonds is 5. The average Bonchev–Trinajstić information content (AvgIpc) is 3.41. The highest BCUT2D eigenvalue weighted by Gasteiger charge is 2.18. The number of benzene rings is 3. The fourth-order valence-electron chi connectivity index (χ4n) is 3.96. The molecule has 0 fully saturated rings. The van der Waals surface area contributed by atoms with Crippen LogP contribution in [0.15, 0.2) is 107 Å². The van der Waals surface area contributed by atoms with Crippen molar-refractivity contribution in [1.82, 2.24) is 9.99 Å². The summed E-state index contributed by atoms with van der Waals surface area (Å²) in [5.74, 6) is 0.254. The molecule has 0 bridgehead atoms. The van der Waals surface area contributed by atoms with Gasteiger partial charge in [0.05, 0.1) is 29.3 Å². The molecule has 0 aliphatic heterocycles. The predicted molar refractivity (Wildman–Crippen MR) is 127 cm³/mol. The van der Waals surface area contributed by atoms with Crippen LogP contribution >= 0.6 is 0 Å². The smallest absolute Gasteiger partial charge is 0.274 e. The molecule has 2 heterocycles. The number of carbonyl (C=O) groups excluding carboxylic acids is 1. The molecule has 5 rings (SSSR count). The van der Waals surface area contributed by atoms with E-state index in [0.717, 1.165) is 33.4 Å². The van der Waals surface area contributed by atoms with Crippen molar-refractivity contribution in [2.45, 2.75) is 6.92 Å². The van der Waals surface area contributed by atoms with E-state index in [1.165, 1.54) is 6.26 Å². The van der Waals surface area contributed by atoms with Crippen LogP contribution in [-0.2, 0) is 0 Å². The molecule has 0 unspecified atom stereocenters.